The van der Waals surface area contributed by atoms with Crippen molar-refractivity contribution in [3.05, 3.63) is 23.7 Å². The molecule has 8 nitrogen and oxygen atoms in total. The first-order valence-electron chi connectivity index (χ1n) is 6.43. The van der Waals surface area contributed by atoms with Gasteiger partial charge in [0.1, 0.15) is 12.0 Å². The Bertz CT molecular complexity index is 963. The van der Waals surface area contributed by atoms with Crippen LogP contribution in [0, 0.1) is 0 Å². The van der Waals surface area contributed by atoms with E-state index in [2.05, 4.69) is 25.3 Å². The van der Waals surface area contributed by atoms with Crippen LogP contribution in [0.2, 0.25) is 5.02 Å². The molecule has 106 valence electrons. The fraction of sp³-hybridized carbons (Fsp3) is 0.250. The summed E-state index contributed by atoms with van der Waals surface area (Å²) < 4.78 is 5.10. The second kappa shape index (κ2) is 4.26. The molecule has 0 radical (unpaired) electrons. The van der Waals surface area contributed by atoms with E-state index in [9.17, 15) is 0 Å². The molecule has 4 aromatic heterocycles. The molecule has 4 rings (SSSR count). The van der Waals surface area contributed by atoms with E-state index in [4.69, 9.17) is 11.6 Å². The molecule has 0 fully saturated rings. The van der Waals surface area contributed by atoms with Gasteiger partial charge in [0, 0.05) is 13.6 Å². The van der Waals surface area contributed by atoms with Gasteiger partial charge in [-0.2, -0.15) is 10.2 Å². The fourth-order valence-corrected chi connectivity index (χ4v) is 2.59. The van der Waals surface area contributed by atoms with Gasteiger partial charge in [-0.15, -0.1) is 5.10 Å². The van der Waals surface area contributed by atoms with E-state index in [-0.39, 0.29) is 0 Å². The zero-order chi connectivity index (χ0) is 14.6. The molecule has 0 spiro atoms. The Morgan fingerprint density at radius 2 is 2.05 bits per heavy atom. The molecule has 0 aliphatic rings. The van der Waals surface area contributed by atoms with Crippen LogP contribution in [0.3, 0.4) is 0 Å². The van der Waals surface area contributed by atoms with Crippen molar-refractivity contribution in [2.45, 2.75) is 13.5 Å². The first-order chi connectivity index (χ1) is 10.2. The number of rotatable bonds is 2. The van der Waals surface area contributed by atoms with Crippen LogP contribution in [-0.4, -0.2) is 39.1 Å². The Morgan fingerprint density at radius 3 is 2.86 bits per heavy atom. The summed E-state index contributed by atoms with van der Waals surface area (Å²) in [6, 6.07) is 0. The van der Waals surface area contributed by atoms with Crippen LogP contribution < -0.4 is 0 Å². The molecule has 0 aliphatic heterocycles. The second-order valence-corrected chi connectivity index (χ2v) is 5.02. The highest BCUT2D eigenvalue weighted by Gasteiger charge is 2.18. The smallest absolute Gasteiger partial charge is 0.202 e. The Balaban J connectivity index is 2.02. The van der Waals surface area contributed by atoms with Crippen LogP contribution >= 0.6 is 11.6 Å². The molecule has 0 aromatic carbocycles. The fourth-order valence-electron chi connectivity index (χ4n) is 2.36. The molecule has 0 N–H and O–H groups in total. The number of fused-ring (bicyclic) bond motifs is 3. The van der Waals surface area contributed by atoms with Crippen molar-refractivity contribution in [2.24, 2.45) is 7.05 Å². The SMILES string of the molecule is CCn1ncc(Cl)c1-c1nc2c3cnn(C)c3ncn2n1. The Morgan fingerprint density at radius 1 is 1.19 bits per heavy atom. The Kier molecular flexibility index (Phi) is 2.49. The molecule has 21 heavy (non-hydrogen) atoms. The second-order valence-electron chi connectivity index (χ2n) is 4.61. The molecular formula is C12H11ClN8. The molecule has 0 amide bonds. The standard InChI is InChI=1S/C12H11ClN8/c1-3-20-9(8(13)5-16-20)10-17-12-7-4-15-19(2)11(7)14-6-21(12)18-10/h4-6H,3H2,1-2H3. The monoisotopic (exact) mass is 302 g/mol. The van der Waals surface area contributed by atoms with Crippen molar-refractivity contribution in [1.82, 2.24) is 39.1 Å². The van der Waals surface area contributed by atoms with Crippen LogP contribution in [0.4, 0.5) is 0 Å². The lowest BCUT2D eigenvalue weighted by atomic mass is 10.4. The summed E-state index contributed by atoms with van der Waals surface area (Å²) in [5.41, 5.74) is 2.17. The first kappa shape index (κ1) is 12.3. The van der Waals surface area contributed by atoms with Crippen LogP contribution in [0.25, 0.3) is 28.2 Å². The van der Waals surface area contributed by atoms with E-state index in [1.807, 2.05) is 14.0 Å². The largest absolute Gasteiger partial charge is 0.260 e. The minimum absolute atomic E-state index is 0.525. The third-order valence-corrected chi connectivity index (χ3v) is 3.65. The Labute approximate surface area is 124 Å². The van der Waals surface area contributed by atoms with Gasteiger partial charge >= 0.3 is 0 Å². The molecule has 4 heterocycles. The van der Waals surface area contributed by atoms with Gasteiger partial charge in [0.05, 0.1) is 22.8 Å². The number of hydrogen-bond acceptors (Lipinski definition) is 5. The van der Waals surface area contributed by atoms with Crippen molar-refractivity contribution >= 4 is 28.3 Å². The molecule has 0 aliphatic carbocycles. The summed E-state index contributed by atoms with van der Waals surface area (Å²) in [6.07, 6.45) is 4.95. The lowest BCUT2D eigenvalue weighted by Gasteiger charge is -1.99. The highest BCUT2D eigenvalue weighted by molar-refractivity contribution is 6.32. The highest BCUT2D eigenvalue weighted by Crippen LogP contribution is 2.26. The van der Waals surface area contributed by atoms with Gasteiger partial charge in [0.2, 0.25) is 5.82 Å². The first-order valence-corrected chi connectivity index (χ1v) is 6.81. The van der Waals surface area contributed by atoms with Crippen LogP contribution in [-0.2, 0) is 13.6 Å². The topological polar surface area (TPSA) is 78.7 Å². The van der Waals surface area contributed by atoms with E-state index in [0.717, 1.165) is 11.0 Å². The average molecular weight is 303 g/mol. The van der Waals surface area contributed by atoms with Gasteiger partial charge in [-0.1, -0.05) is 11.6 Å². The summed E-state index contributed by atoms with van der Waals surface area (Å²) in [5, 5.41) is 14.2. The maximum Gasteiger partial charge on any atom is 0.202 e. The summed E-state index contributed by atoms with van der Waals surface area (Å²) in [4.78, 5) is 8.91. The van der Waals surface area contributed by atoms with Crippen molar-refractivity contribution in [3.8, 4) is 11.5 Å². The molecule has 0 atom stereocenters. The van der Waals surface area contributed by atoms with Crippen LogP contribution in [0.15, 0.2) is 18.7 Å². The van der Waals surface area contributed by atoms with Crippen molar-refractivity contribution in [2.75, 3.05) is 0 Å². The third-order valence-electron chi connectivity index (χ3n) is 3.38. The molecule has 0 bridgehead atoms. The predicted octanol–water partition coefficient (Wildman–Crippen LogP) is 1.55. The van der Waals surface area contributed by atoms with Gasteiger partial charge < -0.3 is 0 Å². The Hall–Kier alpha value is -2.48. The van der Waals surface area contributed by atoms with E-state index in [1.54, 1.807) is 32.6 Å². The zero-order valence-electron chi connectivity index (χ0n) is 11.4. The average Bonchev–Trinajstić information content (AvgIpc) is 3.15. The zero-order valence-corrected chi connectivity index (χ0v) is 12.2. The van der Waals surface area contributed by atoms with Crippen LogP contribution in [0.1, 0.15) is 6.92 Å². The number of aryl methyl sites for hydroxylation is 2. The number of nitrogens with zero attached hydrogens (tertiary/aromatic N) is 8. The molecular weight excluding hydrogens is 292 g/mol. The van der Waals surface area contributed by atoms with Gasteiger partial charge in [-0.25, -0.2) is 14.5 Å². The summed E-state index contributed by atoms with van der Waals surface area (Å²) >= 11 is 6.20. The summed E-state index contributed by atoms with van der Waals surface area (Å²) in [7, 11) is 1.84. The minimum Gasteiger partial charge on any atom is -0.260 e. The third kappa shape index (κ3) is 1.65. The van der Waals surface area contributed by atoms with Gasteiger partial charge in [-0.05, 0) is 6.92 Å². The normalized spacial score (nSPS) is 11.8. The summed E-state index contributed by atoms with van der Waals surface area (Å²) in [5.74, 6) is 0.525. The molecule has 0 unspecified atom stereocenters. The van der Waals surface area contributed by atoms with Gasteiger partial charge in [0.25, 0.3) is 0 Å². The lowest BCUT2D eigenvalue weighted by molar-refractivity contribution is 0.663. The molecule has 9 heteroatoms. The lowest BCUT2D eigenvalue weighted by Crippen LogP contribution is -2.00. The van der Waals surface area contributed by atoms with Crippen molar-refractivity contribution in [3.63, 3.8) is 0 Å². The maximum absolute atomic E-state index is 6.20. The maximum atomic E-state index is 6.20. The quantitative estimate of drug-likeness (QED) is 0.561. The van der Waals surface area contributed by atoms with E-state index >= 15 is 0 Å². The van der Waals surface area contributed by atoms with E-state index in [1.165, 1.54) is 0 Å². The van der Waals surface area contributed by atoms with Crippen molar-refractivity contribution < 1.29 is 0 Å². The number of halogens is 1. The predicted molar refractivity (Wildman–Crippen MR) is 77.0 cm³/mol. The molecule has 0 saturated heterocycles. The minimum atomic E-state index is 0.525. The van der Waals surface area contributed by atoms with Gasteiger partial charge in [0.15, 0.2) is 11.3 Å². The number of aromatic nitrogens is 8. The van der Waals surface area contributed by atoms with Crippen LogP contribution in [0.5, 0.6) is 0 Å². The van der Waals surface area contributed by atoms with E-state index in [0.29, 0.717) is 28.7 Å². The van der Waals surface area contributed by atoms with Gasteiger partial charge in [-0.3, -0.25) is 9.36 Å². The van der Waals surface area contributed by atoms with Crippen molar-refractivity contribution in [1.29, 1.82) is 0 Å². The van der Waals surface area contributed by atoms with E-state index < -0.39 is 0 Å². The molecule has 4 aromatic rings. The molecule has 0 saturated carbocycles. The summed E-state index contributed by atoms with van der Waals surface area (Å²) in [6.45, 7) is 2.68. The number of hydrogen-bond donors (Lipinski definition) is 0. The highest BCUT2D eigenvalue weighted by atomic mass is 35.5.